The van der Waals surface area contributed by atoms with Crippen LogP contribution in [0, 0.1) is 0 Å². The number of nitrogens with zero attached hydrogens (tertiary/aromatic N) is 4. The van der Waals surface area contributed by atoms with Crippen LogP contribution in [0.4, 0.5) is 0 Å². The quantitative estimate of drug-likeness (QED) is 0.682. The molecule has 0 aliphatic carbocycles. The van der Waals surface area contributed by atoms with Gasteiger partial charge in [-0.1, -0.05) is 0 Å². The fourth-order valence-electron chi connectivity index (χ4n) is 1.17. The molecule has 0 aliphatic rings. The number of aromatic nitrogens is 4. The molecule has 0 bridgehead atoms. The molecule has 0 aromatic carbocycles. The van der Waals surface area contributed by atoms with Crippen molar-refractivity contribution in [2.45, 2.75) is 19.5 Å². The molecule has 0 saturated heterocycles. The Morgan fingerprint density at radius 1 is 1.53 bits per heavy atom. The molecule has 0 amide bonds. The number of nitrogens with one attached hydrogen (secondary N) is 1. The van der Waals surface area contributed by atoms with Crippen LogP contribution in [0.3, 0.4) is 0 Å². The first-order chi connectivity index (χ1) is 6.87. The zero-order valence-electron chi connectivity index (χ0n) is 9.01. The minimum Gasteiger partial charge on any atom is -0.306 e. The minimum atomic E-state index is -2.95. The molecule has 0 fully saturated rings. The molecule has 1 aromatic rings. The summed E-state index contributed by atoms with van der Waals surface area (Å²) in [4.78, 5) is 1.36. The summed E-state index contributed by atoms with van der Waals surface area (Å²) in [6, 6.07) is -0.121. The summed E-state index contributed by atoms with van der Waals surface area (Å²) in [6.45, 7) is 2.22. The van der Waals surface area contributed by atoms with Crippen LogP contribution in [-0.4, -0.2) is 46.7 Å². The molecular formula is C7H15N5O2S. The molecule has 0 saturated carbocycles. The van der Waals surface area contributed by atoms with Crippen molar-refractivity contribution >= 4 is 9.84 Å². The third-order valence-corrected chi connectivity index (χ3v) is 2.82. The maximum atomic E-state index is 11.0. The van der Waals surface area contributed by atoms with Crippen LogP contribution < -0.4 is 5.32 Å². The van der Waals surface area contributed by atoms with Gasteiger partial charge in [0.1, 0.15) is 9.84 Å². The van der Waals surface area contributed by atoms with Crippen LogP contribution in [0.5, 0.6) is 0 Å². The van der Waals surface area contributed by atoms with E-state index in [0.717, 1.165) is 0 Å². The van der Waals surface area contributed by atoms with Gasteiger partial charge >= 0.3 is 0 Å². The Hall–Kier alpha value is -1.02. The third kappa shape index (κ3) is 4.84. The predicted octanol–water partition coefficient (Wildman–Crippen LogP) is -1.27. The Morgan fingerprint density at radius 2 is 2.20 bits per heavy atom. The van der Waals surface area contributed by atoms with E-state index >= 15 is 0 Å². The van der Waals surface area contributed by atoms with Crippen LogP contribution in [-0.2, 0) is 23.4 Å². The molecule has 1 unspecified atom stereocenters. The maximum Gasteiger partial charge on any atom is 0.188 e. The van der Waals surface area contributed by atoms with E-state index in [1.54, 1.807) is 14.0 Å². The van der Waals surface area contributed by atoms with E-state index in [4.69, 9.17) is 0 Å². The highest BCUT2D eigenvalue weighted by molar-refractivity contribution is 7.90. The summed E-state index contributed by atoms with van der Waals surface area (Å²) in [5.41, 5.74) is 0. The topological polar surface area (TPSA) is 89.8 Å². The lowest BCUT2D eigenvalue weighted by Crippen LogP contribution is -2.32. The van der Waals surface area contributed by atoms with Crippen molar-refractivity contribution < 1.29 is 8.42 Å². The summed E-state index contributed by atoms with van der Waals surface area (Å²) >= 11 is 0. The monoisotopic (exact) mass is 233 g/mol. The van der Waals surface area contributed by atoms with Gasteiger partial charge in [0.15, 0.2) is 5.82 Å². The molecule has 0 spiro atoms. The molecule has 1 heterocycles. The molecular weight excluding hydrogens is 218 g/mol. The molecule has 8 heteroatoms. The standard InChI is InChI=1S/C7H15N5O2S/c1-6(5-15(3,13)14)8-4-7-9-11-12(2)10-7/h6,8H,4-5H2,1-3H3. The second-order valence-electron chi connectivity index (χ2n) is 3.57. The minimum absolute atomic E-state index is 0.104. The maximum absolute atomic E-state index is 11.0. The highest BCUT2D eigenvalue weighted by Crippen LogP contribution is 1.92. The van der Waals surface area contributed by atoms with E-state index in [1.165, 1.54) is 11.1 Å². The SMILES string of the molecule is CC(CS(C)(=O)=O)NCc1nnn(C)n1. The number of hydrogen-bond donors (Lipinski definition) is 1. The fourth-order valence-corrected chi connectivity index (χ4v) is 2.20. The molecule has 7 nitrogen and oxygen atoms in total. The predicted molar refractivity (Wildman–Crippen MR) is 54.8 cm³/mol. The van der Waals surface area contributed by atoms with Gasteiger partial charge in [-0.05, 0) is 12.1 Å². The molecule has 1 N–H and O–H groups in total. The lowest BCUT2D eigenvalue weighted by atomic mass is 10.4. The Bertz CT molecular complexity index is 413. The fraction of sp³-hybridized carbons (Fsp3) is 0.857. The summed E-state index contributed by atoms with van der Waals surface area (Å²) in [6.07, 6.45) is 1.21. The molecule has 0 radical (unpaired) electrons. The van der Waals surface area contributed by atoms with Gasteiger partial charge < -0.3 is 5.32 Å². The first kappa shape index (κ1) is 12.1. The number of aryl methyl sites for hydroxylation is 1. The third-order valence-electron chi connectivity index (χ3n) is 1.71. The van der Waals surface area contributed by atoms with Crippen molar-refractivity contribution in [3.05, 3.63) is 5.82 Å². The van der Waals surface area contributed by atoms with Gasteiger partial charge in [0.05, 0.1) is 19.3 Å². The van der Waals surface area contributed by atoms with Crippen molar-refractivity contribution in [1.82, 2.24) is 25.5 Å². The summed E-state index contributed by atoms with van der Waals surface area (Å²) in [5, 5.41) is 14.4. The molecule has 86 valence electrons. The van der Waals surface area contributed by atoms with Gasteiger partial charge in [-0.15, -0.1) is 10.2 Å². The second-order valence-corrected chi connectivity index (χ2v) is 5.75. The average Bonchev–Trinajstić information content (AvgIpc) is 2.45. The van der Waals surface area contributed by atoms with Crippen molar-refractivity contribution in [2.75, 3.05) is 12.0 Å². The van der Waals surface area contributed by atoms with Crippen LogP contribution in [0.25, 0.3) is 0 Å². The van der Waals surface area contributed by atoms with E-state index in [1.807, 2.05) is 0 Å². The first-order valence-electron chi connectivity index (χ1n) is 4.51. The van der Waals surface area contributed by atoms with Crippen LogP contribution in [0.2, 0.25) is 0 Å². The number of tetrazole rings is 1. The van der Waals surface area contributed by atoms with Crippen LogP contribution in [0.15, 0.2) is 0 Å². The highest BCUT2D eigenvalue weighted by Gasteiger charge is 2.10. The Labute approximate surface area is 88.8 Å². The Kier molecular flexibility index (Phi) is 3.75. The second kappa shape index (κ2) is 4.67. The van der Waals surface area contributed by atoms with Gasteiger partial charge in [-0.3, -0.25) is 0 Å². The number of sulfone groups is 1. The largest absolute Gasteiger partial charge is 0.306 e. The van der Waals surface area contributed by atoms with E-state index < -0.39 is 9.84 Å². The van der Waals surface area contributed by atoms with E-state index in [9.17, 15) is 8.42 Å². The van der Waals surface area contributed by atoms with Crippen molar-refractivity contribution in [3.8, 4) is 0 Å². The number of rotatable bonds is 5. The normalized spacial score (nSPS) is 14.1. The van der Waals surface area contributed by atoms with E-state index in [2.05, 4.69) is 20.7 Å². The Morgan fingerprint density at radius 3 is 2.67 bits per heavy atom. The lowest BCUT2D eigenvalue weighted by molar-refractivity contribution is 0.549. The van der Waals surface area contributed by atoms with E-state index in [0.29, 0.717) is 12.4 Å². The molecule has 1 atom stereocenters. The van der Waals surface area contributed by atoms with Crippen molar-refractivity contribution in [3.63, 3.8) is 0 Å². The highest BCUT2D eigenvalue weighted by atomic mass is 32.2. The van der Waals surface area contributed by atoms with Gasteiger partial charge in [0.2, 0.25) is 0 Å². The Balaban J connectivity index is 2.37. The zero-order valence-corrected chi connectivity index (χ0v) is 9.82. The van der Waals surface area contributed by atoms with Gasteiger partial charge in [0, 0.05) is 12.3 Å². The average molecular weight is 233 g/mol. The van der Waals surface area contributed by atoms with Gasteiger partial charge in [-0.2, -0.15) is 4.80 Å². The van der Waals surface area contributed by atoms with Crippen LogP contribution in [0.1, 0.15) is 12.7 Å². The lowest BCUT2D eigenvalue weighted by Gasteiger charge is -2.10. The number of hydrogen-bond acceptors (Lipinski definition) is 6. The van der Waals surface area contributed by atoms with Gasteiger partial charge in [-0.25, -0.2) is 8.42 Å². The molecule has 15 heavy (non-hydrogen) atoms. The van der Waals surface area contributed by atoms with Crippen molar-refractivity contribution in [2.24, 2.45) is 7.05 Å². The molecule has 0 aliphatic heterocycles. The molecule has 1 aromatic heterocycles. The first-order valence-corrected chi connectivity index (χ1v) is 6.57. The summed E-state index contributed by atoms with van der Waals surface area (Å²) in [7, 11) is -1.27. The zero-order chi connectivity index (χ0) is 11.5. The smallest absolute Gasteiger partial charge is 0.188 e. The summed E-state index contributed by atoms with van der Waals surface area (Å²) in [5.74, 6) is 0.658. The van der Waals surface area contributed by atoms with Crippen LogP contribution >= 0.6 is 0 Å². The van der Waals surface area contributed by atoms with E-state index in [-0.39, 0.29) is 11.8 Å². The summed E-state index contributed by atoms with van der Waals surface area (Å²) < 4.78 is 21.9. The van der Waals surface area contributed by atoms with Crippen molar-refractivity contribution in [1.29, 1.82) is 0 Å². The van der Waals surface area contributed by atoms with Gasteiger partial charge in [0.25, 0.3) is 0 Å². The molecule has 1 rings (SSSR count).